The second-order valence-electron chi connectivity index (χ2n) is 12.1. The van der Waals surface area contributed by atoms with Crippen molar-refractivity contribution >= 4 is 54.6 Å². The highest BCUT2D eigenvalue weighted by atomic mass is 16.3. The average Bonchev–Trinajstić information content (AvgIpc) is 3.63. The van der Waals surface area contributed by atoms with Crippen LogP contribution in [0.25, 0.3) is 99.8 Å². The van der Waals surface area contributed by atoms with Gasteiger partial charge in [0.15, 0.2) is 5.58 Å². The second kappa shape index (κ2) is 10.9. The molecule has 0 radical (unpaired) electrons. The fourth-order valence-electron chi connectivity index (χ4n) is 6.75. The molecule has 0 spiro atoms. The Balaban J connectivity index is 1.02. The first kappa shape index (κ1) is 27.3. The molecule has 6 heteroatoms. The SMILES string of the molecule is c1ccc(-c2nc3c(ccc4c(-c5ccc(-c6ccc(-c7ccc8ccc9cccnc9c8n7)nc6)cc5)nc5ccccc5c43)o2)cc1. The molecule has 0 bridgehead atoms. The van der Waals surface area contributed by atoms with E-state index in [-0.39, 0.29) is 0 Å². The van der Waals surface area contributed by atoms with Gasteiger partial charge in [0.25, 0.3) is 0 Å². The van der Waals surface area contributed by atoms with Crippen molar-refractivity contribution < 1.29 is 4.42 Å². The molecule has 10 aromatic rings. The summed E-state index contributed by atoms with van der Waals surface area (Å²) in [5.41, 5.74) is 10.9. The van der Waals surface area contributed by atoms with Crippen molar-refractivity contribution in [3.8, 4) is 45.2 Å². The monoisotopic (exact) mass is 627 g/mol. The molecule has 0 unspecified atom stereocenters. The quantitative estimate of drug-likeness (QED) is 0.181. The molecular weight excluding hydrogens is 603 g/mol. The third kappa shape index (κ3) is 4.53. The topological polar surface area (TPSA) is 77.6 Å². The fraction of sp³-hybridized carbons (Fsp3) is 0. The Morgan fingerprint density at radius 2 is 1.18 bits per heavy atom. The maximum Gasteiger partial charge on any atom is 0.227 e. The summed E-state index contributed by atoms with van der Waals surface area (Å²) in [5, 5.41) is 5.25. The summed E-state index contributed by atoms with van der Waals surface area (Å²) in [4.78, 5) is 24.5. The number of benzene rings is 5. The van der Waals surface area contributed by atoms with Crippen LogP contribution in [0.5, 0.6) is 0 Å². The van der Waals surface area contributed by atoms with Crippen LogP contribution in [0, 0.1) is 0 Å². The highest BCUT2D eigenvalue weighted by Gasteiger charge is 2.18. The Bertz CT molecular complexity index is 2860. The van der Waals surface area contributed by atoms with Gasteiger partial charge in [-0.2, -0.15) is 0 Å². The van der Waals surface area contributed by atoms with Gasteiger partial charge in [-0.3, -0.25) is 9.97 Å². The lowest BCUT2D eigenvalue weighted by Gasteiger charge is -2.11. The number of nitrogens with zero attached hydrogens (tertiary/aromatic N) is 5. The molecule has 10 rings (SSSR count). The Morgan fingerprint density at radius 3 is 2.04 bits per heavy atom. The van der Waals surface area contributed by atoms with Crippen molar-refractivity contribution in [3.05, 3.63) is 152 Å². The minimum atomic E-state index is 0.608. The molecular formula is C43H25N5O. The number of hydrogen-bond acceptors (Lipinski definition) is 6. The number of oxazole rings is 1. The minimum Gasteiger partial charge on any atom is -0.436 e. The molecule has 0 aliphatic rings. The van der Waals surface area contributed by atoms with Crippen LogP contribution in [0.3, 0.4) is 0 Å². The van der Waals surface area contributed by atoms with Gasteiger partial charge < -0.3 is 4.42 Å². The Kier molecular flexibility index (Phi) is 6.08. The van der Waals surface area contributed by atoms with Gasteiger partial charge in [0.05, 0.1) is 33.6 Å². The third-order valence-electron chi connectivity index (χ3n) is 9.19. The number of rotatable bonds is 4. The standard InChI is InChI=1S/C43H25N5O/c1-2-7-30(8-3-1)43-48-42-37(49-43)23-20-33-38(42)32-10-4-5-11-34(32)46-39(33)28-14-12-26(13-15-28)31-19-21-35(45-25-31)36-22-18-29-17-16-27-9-6-24-44-40(27)41(29)47-36/h1-25H. The smallest absolute Gasteiger partial charge is 0.227 e. The van der Waals surface area contributed by atoms with Gasteiger partial charge in [-0.1, -0.05) is 91.0 Å². The molecule has 49 heavy (non-hydrogen) atoms. The predicted octanol–water partition coefficient (Wildman–Crippen LogP) is 10.7. The van der Waals surface area contributed by atoms with Gasteiger partial charge in [-0.05, 0) is 54.1 Å². The largest absolute Gasteiger partial charge is 0.436 e. The lowest BCUT2D eigenvalue weighted by Crippen LogP contribution is -1.92. The second-order valence-corrected chi connectivity index (χ2v) is 12.1. The highest BCUT2D eigenvalue weighted by Crippen LogP contribution is 2.38. The zero-order valence-corrected chi connectivity index (χ0v) is 26.1. The van der Waals surface area contributed by atoms with Gasteiger partial charge in [-0.25, -0.2) is 15.0 Å². The number of aromatic nitrogens is 5. The van der Waals surface area contributed by atoms with Crippen LogP contribution in [-0.4, -0.2) is 24.9 Å². The van der Waals surface area contributed by atoms with E-state index in [0.717, 1.165) is 93.9 Å². The van der Waals surface area contributed by atoms with Crippen molar-refractivity contribution in [1.29, 1.82) is 0 Å². The van der Waals surface area contributed by atoms with E-state index >= 15 is 0 Å². The molecule has 0 atom stereocenters. The molecule has 0 N–H and O–H groups in total. The van der Waals surface area contributed by atoms with Crippen LogP contribution in [0.1, 0.15) is 0 Å². The van der Waals surface area contributed by atoms with Crippen molar-refractivity contribution in [1.82, 2.24) is 24.9 Å². The molecule has 5 heterocycles. The van der Waals surface area contributed by atoms with Crippen molar-refractivity contribution in [2.24, 2.45) is 0 Å². The number of fused-ring (bicyclic) bond motifs is 8. The maximum atomic E-state index is 6.25. The summed E-state index contributed by atoms with van der Waals surface area (Å²) in [6, 6.07) is 47.3. The van der Waals surface area contributed by atoms with E-state index in [4.69, 9.17) is 24.4 Å². The van der Waals surface area contributed by atoms with E-state index in [1.807, 2.05) is 79.1 Å². The van der Waals surface area contributed by atoms with Crippen molar-refractivity contribution in [2.75, 3.05) is 0 Å². The van der Waals surface area contributed by atoms with Crippen LogP contribution < -0.4 is 0 Å². The normalized spacial score (nSPS) is 11.7. The van der Waals surface area contributed by atoms with E-state index in [1.54, 1.807) is 0 Å². The van der Waals surface area contributed by atoms with E-state index in [9.17, 15) is 0 Å². The van der Waals surface area contributed by atoms with Crippen molar-refractivity contribution in [3.63, 3.8) is 0 Å². The Morgan fingerprint density at radius 1 is 0.429 bits per heavy atom. The summed E-state index contributed by atoms with van der Waals surface area (Å²) in [7, 11) is 0. The molecule has 0 saturated carbocycles. The van der Waals surface area contributed by atoms with E-state index in [1.165, 1.54) is 0 Å². The summed E-state index contributed by atoms with van der Waals surface area (Å²) in [5.74, 6) is 0.608. The zero-order valence-electron chi connectivity index (χ0n) is 26.1. The zero-order chi connectivity index (χ0) is 32.3. The number of para-hydroxylation sites is 1. The summed E-state index contributed by atoms with van der Waals surface area (Å²) in [6.07, 6.45) is 3.72. The van der Waals surface area contributed by atoms with E-state index in [2.05, 4.69) is 77.8 Å². The third-order valence-corrected chi connectivity index (χ3v) is 9.19. The lowest BCUT2D eigenvalue weighted by molar-refractivity contribution is 0.620. The van der Waals surface area contributed by atoms with E-state index in [0.29, 0.717) is 5.89 Å². The first-order valence-electron chi connectivity index (χ1n) is 16.2. The molecule has 5 aromatic carbocycles. The molecule has 0 saturated heterocycles. The van der Waals surface area contributed by atoms with Gasteiger partial charge in [0.1, 0.15) is 5.52 Å². The number of pyridine rings is 4. The van der Waals surface area contributed by atoms with Gasteiger partial charge in [0.2, 0.25) is 5.89 Å². The maximum absolute atomic E-state index is 6.25. The Labute approximate surface area is 280 Å². The molecule has 228 valence electrons. The van der Waals surface area contributed by atoms with Gasteiger partial charge in [0, 0.05) is 56.0 Å². The highest BCUT2D eigenvalue weighted by molar-refractivity contribution is 6.20. The van der Waals surface area contributed by atoms with E-state index < -0.39 is 0 Å². The molecule has 0 amide bonds. The first-order valence-corrected chi connectivity index (χ1v) is 16.2. The average molecular weight is 628 g/mol. The first-order chi connectivity index (χ1) is 24.3. The van der Waals surface area contributed by atoms with Crippen LogP contribution in [-0.2, 0) is 0 Å². The summed E-state index contributed by atoms with van der Waals surface area (Å²) < 4.78 is 6.25. The molecule has 0 fully saturated rings. The summed E-state index contributed by atoms with van der Waals surface area (Å²) >= 11 is 0. The summed E-state index contributed by atoms with van der Waals surface area (Å²) in [6.45, 7) is 0. The number of hydrogen-bond donors (Lipinski definition) is 0. The van der Waals surface area contributed by atoms with Crippen molar-refractivity contribution in [2.45, 2.75) is 0 Å². The lowest BCUT2D eigenvalue weighted by atomic mass is 9.97. The van der Waals surface area contributed by atoms with Crippen LogP contribution in [0.15, 0.2) is 156 Å². The van der Waals surface area contributed by atoms with Gasteiger partial charge >= 0.3 is 0 Å². The van der Waals surface area contributed by atoms with Crippen LogP contribution >= 0.6 is 0 Å². The predicted molar refractivity (Wildman–Crippen MR) is 197 cm³/mol. The fourth-order valence-corrected chi connectivity index (χ4v) is 6.75. The van der Waals surface area contributed by atoms with Gasteiger partial charge in [-0.15, -0.1) is 0 Å². The molecule has 0 aliphatic heterocycles. The minimum absolute atomic E-state index is 0.608. The van der Waals surface area contributed by atoms with Crippen LogP contribution in [0.2, 0.25) is 0 Å². The molecule has 6 nitrogen and oxygen atoms in total. The molecule has 5 aromatic heterocycles. The van der Waals surface area contributed by atoms with Crippen LogP contribution in [0.4, 0.5) is 0 Å². The molecule has 0 aliphatic carbocycles. The Hall–Kier alpha value is -6.79.